The second-order valence-corrected chi connectivity index (χ2v) is 12.8. The van der Waals surface area contributed by atoms with Gasteiger partial charge in [0.2, 0.25) is 0 Å². The number of hydrogen-bond acceptors (Lipinski definition) is 6. The summed E-state index contributed by atoms with van der Waals surface area (Å²) in [5.41, 5.74) is -0.279. The van der Waals surface area contributed by atoms with E-state index < -0.39 is 33.3 Å². The topological polar surface area (TPSA) is 115 Å². The van der Waals surface area contributed by atoms with E-state index in [0.29, 0.717) is 22.7 Å². The highest BCUT2D eigenvalue weighted by Crippen LogP contribution is 2.37. The first-order chi connectivity index (χ1) is 19.3. The van der Waals surface area contributed by atoms with Crippen molar-refractivity contribution in [1.82, 2.24) is 24.5 Å². The number of rotatable bonds is 8. The van der Waals surface area contributed by atoms with Gasteiger partial charge in [0.25, 0.3) is 10.0 Å². The zero-order valence-corrected chi connectivity index (χ0v) is 23.8. The van der Waals surface area contributed by atoms with Gasteiger partial charge in [-0.05, 0) is 54.3 Å². The second-order valence-electron chi connectivity index (χ2n) is 11.1. The molecule has 5 aromatic rings. The summed E-state index contributed by atoms with van der Waals surface area (Å²) in [4.78, 5) is 4.02. The molecule has 12 heteroatoms. The molecule has 0 aliphatic carbocycles. The Bertz CT molecular complexity index is 1800. The van der Waals surface area contributed by atoms with Gasteiger partial charge in [-0.25, -0.2) is 26.9 Å². The van der Waals surface area contributed by atoms with Gasteiger partial charge < -0.3 is 5.11 Å². The number of benzene rings is 3. The number of nitrogens with one attached hydrogen (secondary N) is 1. The van der Waals surface area contributed by atoms with Crippen LogP contribution >= 0.6 is 0 Å². The molecule has 214 valence electrons. The van der Waals surface area contributed by atoms with E-state index in [4.69, 9.17) is 0 Å². The Morgan fingerprint density at radius 1 is 1.02 bits per heavy atom. The first-order valence-corrected chi connectivity index (χ1v) is 14.4. The molecular weight excluding hydrogens is 550 g/mol. The molecule has 2 N–H and O–H groups in total. The number of sulfonamides is 1. The summed E-state index contributed by atoms with van der Waals surface area (Å²) in [6.45, 7) is 7.62. The van der Waals surface area contributed by atoms with E-state index in [9.17, 15) is 22.3 Å². The van der Waals surface area contributed by atoms with E-state index in [0.717, 1.165) is 11.6 Å². The maximum Gasteiger partial charge on any atom is 0.261 e. The van der Waals surface area contributed by atoms with Gasteiger partial charge in [0.05, 0.1) is 23.0 Å². The first kappa shape index (κ1) is 28.4. The number of fused-ring (bicyclic) bond motifs is 1. The van der Waals surface area contributed by atoms with Gasteiger partial charge in [0.1, 0.15) is 29.9 Å². The largest absolute Gasteiger partial charge is 0.381 e. The lowest BCUT2D eigenvalue weighted by molar-refractivity contribution is -0.0366. The number of hydrogen-bond donors (Lipinski definition) is 2. The summed E-state index contributed by atoms with van der Waals surface area (Å²) in [6, 6.07) is 13.7. The van der Waals surface area contributed by atoms with Crippen LogP contribution in [0.4, 0.5) is 14.5 Å². The molecular formula is C29H30F2N6O3S. The Morgan fingerprint density at radius 2 is 1.76 bits per heavy atom. The zero-order valence-electron chi connectivity index (χ0n) is 23.0. The standard InChI is InChI=1S/C29H30F2N6O3S/c1-19(29(38,16-36-18-32-17-33-36)25-11-7-22(30)14-26(25)31)37-15-20-13-23(8-12-27(20)34-37)35-41(39,40)24-9-5-21(6-10-24)28(2,3)4/h5-15,17-19,35,38H,16H2,1-4H3/t19-,29-/m1/s1. The predicted molar refractivity (Wildman–Crippen MR) is 151 cm³/mol. The minimum atomic E-state index is -3.86. The van der Waals surface area contributed by atoms with Crippen molar-refractivity contribution in [1.29, 1.82) is 0 Å². The van der Waals surface area contributed by atoms with E-state index in [1.54, 1.807) is 55.6 Å². The summed E-state index contributed by atoms with van der Waals surface area (Å²) < 4.78 is 60.2. The molecule has 2 atom stereocenters. The van der Waals surface area contributed by atoms with Crippen molar-refractivity contribution in [2.45, 2.75) is 56.2 Å². The lowest BCUT2D eigenvalue weighted by Gasteiger charge is -2.34. The summed E-state index contributed by atoms with van der Waals surface area (Å²) in [5.74, 6) is -1.68. The van der Waals surface area contributed by atoms with Gasteiger partial charge in [-0.1, -0.05) is 39.0 Å². The molecule has 41 heavy (non-hydrogen) atoms. The molecule has 2 aromatic heterocycles. The van der Waals surface area contributed by atoms with Crippen molar-refractivity contribution in [3.05, 3.63) is 102 Å². The number of aliphatic hydroxyl groups is 1. The molecule has 0 saturated heterocycles. The summed E-state index contributed by atoms with van der Waals surface area (Å²) in [5, 5.41) is 21.0. The molecule has 0 radical (unpaired) electrons. The highest BCUT2D eigenvalue weighted by Gasteiger charge is 2.41. The molecule has 0 fully saturated rings. The Hall–Kier alpha value is -4.16. The van der Waals surface area contributed by atoms with Crippen LogP contribution < -0.4 is 4.72 Å². The zero-order chi connectivity index (χ0) is 29.6. The van der Waals surface area contributed by atoms with Gasteiger partial charge >= 0.3 is 0 Å². The maximum atomic E-state index is 14.9. The Morgan fingerprint density at radius 3 is 2.39 bits per heavy atom. The predicted octanol–water partition coefficient (Wildman–Crippen LogP) is 5.15. The third-order valence-electron chi connectivity index (χ3n) is 7.16. The minimum Gasteiger partial charge on any atom is -0.381 e. The number of nitrogens with zero attached hydrogens (tertiary/aromatic N) is 5. The average molecular weight is 581 g/mol. The lowest BCUT2D eigenvalue weighted by atomic mass is 9.86. The quantitative estimate of drug-likeness (QED) is 0.262. The van der Waals surface area contributed by atoms with Crippen molar-refractivity contribution in [3.63, 3.8) is 0 Å². The molecule has 0 saturated carbocycles. The summed E-state index contributed by atoms with van der Waals surface area (Å²) in [6.07, 6.45) is 4.30. The van der Waals surface area contributed by atoms with Gasteiger partial charge in [-0.3, -0.25) is 9.40 Å². The molecule has 0 aliphatic rings. The maximum absolute atomic E-state index is 14.9. The van der Waals surface area contributed by atoms with Crippen LogP contribution in [-0.2, 0) is 27.6 Å². The molecule has 0 amide bonds. The van der Waals surface area contributed by atoms with E-state index in [-0.39, 0.29) is 22.4 Å². The SMILES string of the molecule is C[C@@H](n1cc2cc(NS(=O)(=O)c3ccc(C(C)(C)C)cc3)ccc2n1)[C@](O)(Cn1cncn1)c1ccc(F)cc1F. The van der Waals surface area contributed by atoms with Crippen LogP contribution in [0.3, 0.4) is 0 Å². The van der Waals surface area contributed by atoms with Crippen LogP contribution in [0.15, 0.2) is 84.4 Å². The summed E-state index contributed by atoms with van der Waals surface area (Å²) in [7, 11) is -3.86. The van der Waals surface area contributed by atoms with Crippen LogP contribution in [0.2, 0.25) is 0 Å². The molecule has 0 bridgehead atoms. The molecule has 5 rings (SSSR count). The average Bonchev–Trinajstić information content (AvgIpc) is 3.57. The fourth-order valence-electron chi connectivity index (χ4n) is 4.72. The third kappa shape index (κ3) is 5.70. The molecule has 0 spiro atoms. The molecule has 9 nitrogen and oxygen atoms in total. The van der Waals surface area contributed by atoms with Crippen molar-refractivity contribution in [3.8, 4) is 0 Å². The minimum absolute atomic E-state index is 0.109. The van der Waals surface area contributed by atoms with Gasteiger partial charge in [-0.2, -0.15) is 10.2 Å². The Kier molecular flexibility index (Phi) is 7.16. The van der Waals surface area contributed by atoms with Crippen molar-refractivity contribution in [2.75, 3.05) is 4.72 Å². The Balaban J connectivity index is 1.46. The molecule has 3 aromatic carbocycles. The van der Waals surface area contributed by atoms with Gasteiger partial charge in [0.15, 0.2) is 0 Å². The van der Waals surface area contributed by atoms with Crippen LogP contribution in [0.5, 0.6) is 0 Å². The number of anilines is 1. The first-order valence-electron chi connectivity index (χ1n) is 12.9. The van der Waals surface area contributed by atoms with E-state index in [1.807, 2.05) is 0 Å². The van der Waals surface area contributed by atoms with Crippen LogP contribution in [-0.4, -0.2) is 38.1 Å². The second kappa shape index (κ2) is 10.3. The number of aromatic nitrogens is 5. The Labute approximate surface area is 236 Å². The van der Waals surface area contributed by atoms with E-state index in [1.165, 1.54) is 28.1 Å². The van der Waals surface area contributed by atoms with Crippen molar-refractivity contribution < 1.29 is 22.3 Å². The molecule has 0 aliphatic heterocycles. The number of halogens is 2. The van der Waals surface area contributed by atoms with Crippen molar-refractivity contribution >= 4 is 26.6 Å². The highest BCUT2D eigenvalue weighted by molar-refractivity contribution is 7.92. The third-order valence-corrected chi connectivity index (χ3v) is 8.56. The van der Waals surface area contributed by atoms with Gasteiger partial charge in [0, 0.05) is 28.9 Å². The highest BCUT2D eigenvalue weighted by atomic mass is 32.2. The lowest BCUT2D eigenvalue weighted by Crippen LogP contribution is -2.40. The van der Waals surface area contributed by atoms with Crippen LogP contribution in [0, 0.1) is 11.6 Å². The summed E-state index contributed by atoms with van der Waals surface area (Å²) >= 11 is 0. The fraction of sp³-hybridized carbons (Fsp3) is 0.276. The smallest absolute Gasteiger partial charge is 0.261 e. The van der Waals surface area contributed by atoms with Crippen LogP contribution in [0.25, 0.3) is 10.9 Å². The fourth-order valence-corrected chi connectivity index (χ4v) is 5.77. The normalized spacial score (nSPS) is 14.6. The molecule has 2 heterocycles. The molecule has 0 unspecified atom stereocenters. The van der Waals surface area contributed by atoms with E-state index >= 15 is 0 Å². The monoisotopic (exact) mass is 580 g/mol. The van der Waals surface area contributed by atoms with E-state index in [2.05, 4.69) is 40.7 Å². The van der Waals surface area contributed by atoms with Gasteiger partial charge in [-0.15, -0.1) is 0 Å². The van der Waals surface area contributed by atoms with Crippen LogP contribution in [0.1, 0.15) is 44.9 Å². The van der Waals surface area contributed by atoms with Crippen molar-refractivity contribution in [2.24, 2.45) is 0 Å².